The maximum absolute atomic E-state index is 11.9. The third kappa shape index (κ3) is 2.92. The van der Waals surface area contributed by atoms with Crippen LogP contribution in [0.5, 0.6) is 0 Å². The SMILES string of the molecule is C=C/C=C\C=C1/CN(C)C=C1C(C)(C)C(=O)OC. The van der Waals surface area contributed by atoms with Gasteiger partial charge in [-0.1, -0.05) is 30.9 Å². The summed E-state index contributed by atoms with van der Waals surface area (Å²) < 4.78 is 4.88. The van der Waals surface area contributed by atoms with Gasteiger partial charge in [-0.3, -0.25) is 4.79 Å². The highest BCUT2D eigenvalue weighted by molar-refractivity contribution is 5.81. The Kier molecular flexibility index (Phi) is 4.54. The maximum Gasteiger partial charge on any atom is 0.315 e. The van der Waals surface area contributed by atoms with E-state index in [4.69, 9.17) is 4.74 Å². The molecular formula is C15H21NO2. The van der Waals surface area contributed by atoms with Crippen LogP contribution in [0.1, 0.15) is 13.8 Å². The first-order chi connectivity index (χ1) is 8.43. The summed E-state index contributed by atoms with van der Waals surface area (Å²) in [6.07, 6.45) is 9.55. The van der Waals surface area contributed by atoms with Gasteiger partial charge in [-0.25, -0.2) is 0 Å². The number of hydrogen-bond donors (Lipinski definition) is 0. The van der Waals surface area contributed by atoms with Crippen molar-refractivity contribution in [2.45, 2.75) is 13.8 Å². The van der Waals surface area contributed by atoms with Gasteiger partial charge in [-0.15, -0.1) is 0 Å². The van der Waals surface area contributed by atoms with Gasteiger partial charge in [0.05, 0.1) is 12.5 Å². The van der Waals surface area contributed by atoms with Crippen molar-refractivity contribution in [2.75, 3.05) is 20.7 Å². The van der Waals surface area contributed by atoms with E-state index in [1.165, 1.54) is 7.11 Å². The molecule has 1 rings (SSSR count). The number of nitrogens with zero attached hydrogens (tertiary/aromatic N) is 1. The number of ether oxygens (including phenoxy) is 1. The van der Waals surface area contributed by atoms with Gasteiger partial charge in [0.15, 0.2) is 0 Å². The fraction of sp³-hybridized carbons (Fsp3) is 0.400. The summed E-state index contributed by atoms with van der Waals surface area (Å²) in [5.74, 6) is -0.220. The van der Waals surface area contributed by atoms with Crippen LogP contribution < -0.4 is 0 Å². The third-order valence-electron chi connectivity index (χ3n) is 3.03. The Morgan fingerprint density at radius 3 is 2.72 bits per heavy atom. The molecule has 18 heavy (non-hydrogen) atoms. The number of hydrogen-bond acceptors (Lipinski definition) is 3. The molecule has 1 heterocycles. The first-order valence-electron chi connectivity index (χ1n) is 5.93. The van der Waals surface area contributed by atoms with Crippen LogP contribution in [0, 0.1) is 5.41 Å². The molecular weight excluding hydrogens is 226 g/mol. The molecule has 0 aliphatic carbocycles. The van der Waals surface area contributed by atoms with Crippen LogP contribution in [0.3, 0.4) is 0 Å². The molecule has 0 saturated carbocycles. The Bertz CT molecular complexity index is 428. The van der Waals surface area contributed by atoms with Crippen LogP contribution in [-0.4, -0.2) is 31.6 Å². The molecule has 0 radical (unpaired) electrons. The van der Waals surface area contributed by atoms with Crippen LogP contribution in [-0.2, 0) is 9.53 Å². The number of likely N-dealkylation sites (N-methyl/N-ethyl adjacent to an activating group) is 1. The summed E-state index contributed by atoms with van der Waals surface area (Å²) in [5, 5.41) is 0. The Morgan fingerprint density at radius 1 is 1.50 bits per heavy atom. The Morgan fingerprint density at radius 2 is 2.17 bits per heavy atom. The second-order valence-corrected chi connectivity index (χ2v) is 4.89. The molecule has 1 aliphatic heterocycles. The van der Waals surface area contributed by atoms with Crippen molar-refractivity contribution in [3.8, 4) is 0 Å². The lowest BCUT2D eigenvalue weighted by Crippen LogP contribution is -2.28. The molecule has 3 heteroatoms. The van der Waals surface area contributed by atoms with E-state index in [0.29, 0.717) is 0 Å². The zero-order chi connectivity index (χ0) is 13.8. The van der Waals surface area contributed by atoms with Gasteiger partial charge in [0.25, 0.3) is 0 Å². The molecule has 0 fully saturated rings. The van der Waals surface area contributed by atoms with Crippen molar-refractivity contribution >= 4 is 5.97 Å². The van der Waals surface area contributed by atoms with E-state index in [9.17, 15) is 4.79 Å². The van der Waals surface area contributed by atoms with Crippen LogP contribution in [0.15, 0.2) is 48.2 Å². The molecule has 0 N–H and O–H groups in total. The van der Waals surface area contributed by atoms with Crippen molar-refractivity contribution in [3.05, 3.63) is 48.2 Å². The first kappa shape index (κ1) is 14.3. The molecule has 0 atom stereocenters. The van der Waals surface area contributed by atoms with Crippen molar-refractivity contribution in [3.63, 3.8) is 0 Å². The van der Waals surface area contributed by atoms with E-state index in [2.05, 4.69) is 11.5 Å². The Hall–Kier alpha value is -1.77. The lowest BCUT2D eigenvalue weighted by molar-refractivity contribution is -0.148. The topological polar surface area (TPSA) is 29.5 Å². The quantitative estimate of drug-likeness (QED) is 0.565. The largest absolute Gasteiger partial charge is 0.468 e. The van der Waals surface area contributed by atoms with Crippen LogP contribution >= 0.6 is 0 Å². The monoisotopic (exact) mass is 247 g/mol. The predicted molar refractivity (Wildman–Crippen MR) is 73.9 cm³/mol. The summed E-state index contributed by atoms with van der Waals surface area (Å²) in [4.78, 5) is 13.9. The number of esters is 1. The minimum atomic E-state index is -0.632. The lowest BCUT2D eigenvalue weighted by atomic mass is 9.81. The van der Waals surface area contributed by atoms with Crippen molar-refractivity contribution in [1.82, 2.24) is 4.90 Å². The van der Waals surface area contributed by atoms with Gasteiger partial charge in [0.1, 0.15) is 0 Å². The van der Waals surface area contributed by atoms with Crippen LogP contribution in [0.4, 0.5) is 0 Å². The normalized spacial score (nSPS) is 18.3. The molecule has 0 amide bonds. The highest BCUT2D eigenvalue weighted by Crippen LogP contribution is 2.37. The smallest absolute Gasteiger partial charge is 0.315 e. The standard InChI is InChI=1S/C15H21NO2/c1-6-7-8-9-12-10-16(4)11-13(12)15(2,3)14(17)18-5/h6-9,11H,1,10H2,2-5H3/b8-7-,12-9+. The average molecular weight is 247 g/mol. The van der Waals surface area contributed by atoms with E-state index in [1.807, 2.05) is 45.3 Å². The first-order valence-corrected chi connectivity index (χ1v) is 5.93. The molecule has 0 spiro atoms. The molecule has 98 valence electrons. The summed E-state index contributed by atoms with van der Waals surface area (Å²) in [5.41, 5.74) is 1.50. The van der Waals surface area contributed by atoms with Crippen LogP contribution in [0.25, 0.3) is 0 Å². The Labute approximate surface area is 109 Å². The maximum atomic E-state index is 11.9. The number of carbonyl (C=O) groups excluding carboxylic acids is 1. The molecule has 0 unspecified atom stereocenters. The summed E-state index contributed by atoms with van der Waals surface area (Å²) in [6, 6.07) is 0. The number of rotatable bonds is 4. The summed E-state index contributed by atoms with van der Waals surface area (Å²) in [7, 11) is 3.41. The van der Waals surface area contributed by atoms with Gasteiger partial charge >= 0.3 is 5.97 Å². The molecule has 0 aromatic carbocycles. The fourth-order valence-corrected chi connectivity index (χ4v) is 2.02. The van der Waals surface area contributed by atoms with E-state index >= 15 is 0 Å². The zero-order valence-electron chi connectivity index (χ0n) is 11.6. The minimum absolute atomic E-state index is 0.220. The highest BCUT2D eigenvalue weighted by Gasteiger charge is 2.37. The van der Waals surface area contributed by atoms with Crippen LogP contribution in [0.2, 0.25) is 0 Å². The molecule has 0 saturated heterocycles. The van der Waals surface area contributed by atoms with Gasteiger partial charge in [0.2, 0.25) is 0 Å². The van der Waals surface area contributed by atoms with E-state index in [1.54, 1.807) is 6.08 Å². The lowest BCUT2D eigenvalue weighted by Gasteiger charge is -2.23. The zero-order valence-corrected chi connectivity index (χ0v) is 11.6. The average Bonchev–Trinajstić information content (AvgIpc) is 2.70. The second kappa shape index (κ2) is 5.71. The molecule has 1 aliphatic rings. The molecule has 3 nitrogen and oxygen atoms in total. The summed E-state index contributed by atoms with van der Waals surface area (Å²) >= 11 is 0. The van der Waals surface area contributed by atoms with Crippen molar-refractivity contribution in [1.29, 1.82) is 0 Å². The molecule has 0 bridgehead atoms. The number of allylic oxidation sites excluding steroid dienone is 4. The summed E-state index contributed by atoms with van der Waals surface area (Å²) in [6.45, 7) is 8.20. The molecule has 0 aromatic rings. The second-order valence-electron chi connectivity index (χ2n) is 4.89. The number of carbonyl (C=O) groups is 1. The highest BCUT2D eigenvalue weighted by atomic mass is 16.5. The van der Waals surface area contributed by atoms with Crippen molar-refractivity contribution < 1.29 is 9.53 Å². The van der Waals surface area contributed by atoms with E-state index in [0.717, 1.165) is 17.7 Å². The predicted octanol–water partition coefficient (Wildman–Crippen LogP) is 2.68. The van der Waals surface area contributed by atoms with Crippen molar-refractivity contribution in [2.24, 2.45) is 5.41 Å². The molecule has 0 aromatic heterocycles. The van der Waals surface area contributed by atoms with E-state index in [-0.39, 0.29) is 5.97 Å². The van der Waals surface area contributed by atoms with Gasteiger partial charge in [0, 0.05) is 19.8 Å². The minimum Gasteiger partial charge on any atom is -0.468 e. The van der Waals surface area contributed by atoms with Gasteiger partial charge < -0.3 is 9.64 Å². The van der Waals surface area contributed by atoms with Gasteiger partial charge in [-0.05, 0) is 25.0 Å². The Balaban J connectivity index is 3.07. The number of methoxy groups -OCH3 is 1. The fourth-order valence-electron chi connectivity index (χ4n) is 2.02. The third-order valence-corrected chi connectivity index (χ3v) is 3.03. The van der Waals surface area contributed by atoms with E-state index < -0.39 is 5.41 Å². The van der Waals surface area contributed by atoms with Gasteiger partial charge in [-0.2, -0.15) is 0 Å².